The van der Waals surface area contributed by atoms with Crippen LogP contribution in [0.15, 0.2) is 28.8 Å². The molecule has 0 unspecified atom stereocenters. The number of amides is 1. The number of morpholine rings is 1. The van der Waals surface area contributed by atoms with Crippen LogP contribution in [0.2, 0.25) is 0 Å². The van der Waals surface area contributed by atoms with Gasteiger partial charge in [-0.2, -0.15) is 0 Å². The molecule has 0 saturated carbocycles. The first-order valence-corrected chi connectivity index (χ1v) is 8.09. The molecule has 2 aromatic rings. The van der Waals surface area contributed by atoms with E-state index in [2.05, 4.69) is 5.16 Å². The molecule has 1 saturated heterocycles. The van der Waals surface area contributed by atoms with Crippen LogP contribution < -0.4 is 4.74 Å². The van der Waals surface area contributed by atoms with E-state index in [4.69, 9.17) is 14.0 Å². The van der Waals surface area contributed by atoms with Crippen molar-refractivity contribution in [1.82, 2.24) is 10.1 Å². The van der Waals surface area contributed by atoms with E-state index in [-0.39, 0.29) is 11.9 Å². The van der Waals surface area contributed by atoms with Gasteiger partial charge in [0.1, 0.15) is 18.1 Å². The third-order valence-corrected chi connectivity index (χ3v) is 4.27. The van der Waals surface area contributed by atoms with Crippen molar-refractivity contribution in [3.8, 4) is 5.75 Å². The fourth-order valence-electron chi connectivity index (χ4n) is 2.78. The Labute approximate surface area is 141 Å². The van der Waals surface area contributed by atoms with Crippen LogP contribution in [0.5, 0.6) is 5.75 Å². The van der Waals surface area contributed by atoms with Gasteiger partial charge in [0.2, 0.25) is 0 Å². The molecule has 0 N–H and O–H groups in total. The summed E-state index contributed by atoms with van der Waals surface area (Å²) in [5, 5.41) is 3.92. The van der Waals surface area contributed by atoms with Gasteiger partial charge in [0.25, 0.3) is 5.91 Å². The molecule has 6 heteroatoms. The Balaban J connectivity index is 1.71. The molecule has 0 radical (unpaired) electrons. The van der Waals surface area contributed by atoms with Gasteiger partial charge in [-0.15, -0.1) is 0 Å². The van der Waals surface area contributed by atoms with Crippen LogP contribution in [0, 0.1) is 13.8 Å². The van der Waals surface area contributed by atoms with E-state index in [0.717, 1.165) is 17.0 Å². The lowest BCUT2D eigenvalue weighted by Gasteiger charge is -2.33. The highest BCUT2D eigenvalue weighted by Crippen LogP contribution is 2.20. The summed E-state index contributed by atoms with van der Waals surface area (Å²) < 4.78 is 16.3. The number of carbonyl (C=O) groups excluding carboxylic acids is 1. The van der Waals surface area contributed by atoms with Gasteiger partial charge in [0.05, 0.1) is 30.5 Å². The van der Waals surface area contributed by atoms with Crippen molar-refractivity contribution in [1.29, 1.82) is 0 Å². The third-order valence-electron chi connectivity index (χ3n) is 4.27. The number of aromatic nitrogens is 1. The zero-order valence-electron chi connectivity index (χ0n) is 14.2. The zero-order chi connectivity index (χ0) is 17.1. The Hall–Kier alpha value is -2.34. The zero-order valence-corrected chi connectivity index (χ0v) is 14.2. The number of rotatable bonds is 4. The van der Waals surface area contributed by atoms with E-state index in [1.165, 1.54) is 0 Å². The lowest BCUT2D eigenvalue weighted by Crippen LogP contribution is -2.47. The van der Waals surface area contributed by atoms with E-state index in [1.807, 2.05) is 43.9 Å². The highest BCUT2D eigenvalue weighted by atomic mass is 16.5. The SMILES string of the molecule is Cc1noc(C)c1COc1cccc(C(=O)N2CCOC[C@H]2C)c1. The summed E-state index contributed by atoms with van der Waals surface area (Å²) in [6, 6.07) is 7.35. The number of benzene rings is 1. The monoisotopic (exact) mass is 330 g/mol. The van der Waals surface area contributed by atoms with Gasteiger partial charge in [-0.3, -0.25) is 4.79 Å². The van der Waals surface area contributed by atoms with Crippen molar-refractivity contribution in [3.05, 3.63) is 46.8 Å². The van der Waals surface area contributed by atoms with Crippen LogP contribution in [0.25, 0.3) is 0 Å². The van der Waals surface area contributed by atoms with Gasteiger partial charge in [-0.25, -0.2) is 0 Å². The second kappa shape index (κ2) is 7.05. The van der Waals surface area contributed by atoms with Crippen LogP contribution in [0.4, 0.5) is 0 Å². The molecule has 1 aliphatic rings. The second-order valence-electron chi connectivity index (χ2n) is 6.04. The van der Waals surface area contributed by atoms with Gasteiger partial charge in [-0.1, -0.05) is 11.2 Å². The summed E-state index contributed by atoms with van der Waals surface area (Å²) in [7, 11) is 0. The van der Waals surface area contributed by atoms with Crippen molar-refractivity contribution < 1.29 is 18.8 Å². The van der Waals surface area contributed by atoms with E-state index in [1.54, 1.807) is 6.07 Å². The molecule has 1 aromatic carbocycles. The first kappa shape index (κ1) is 16.5. The quantitative estimate of drug-likeness (QED) is 0.862. The third kappa shape index (κ3) is 3.43. The molecule has 24 heavy (non-hydrogen) atoms. The number of hydrogen-bond donors (Lipinski definition) is 0. The van der Waals surface area contributed by atoms with Gasteiger partial charge < -0.3 is 18.9 Å². The van der Waals surface area contributed by atoms with Gasteiger partial charge in [-0.05, 0) is 39.0 Å². The Bertz CT molecular complexity index is 706. The molecule has 0 spiro atoms. The maximum atomic E-state index is 12.7. The molecular formula is C18H22N2O4. The van der Waals surface area contributed by atoms with Crippen molar-refractivity contribution in [3.63, 3.8) is 0 Å². The molecule has 6 nitrogen and oxygen atoms in total. The smallest absolute Gasteiger partial charge is 0.254 e. The van der Waals surface area contributed by atoms with Gasteiger partial charge in [0.15, 0.2) is 0 Å². The largest absolute Gasteiger partial charge is 0.489 e. The Kier molecular flexibility index (Phi) is 4.85. The maximum absolute atomic E-state index is 12.7. The van der Waals surface area contributed by atoms with E-state index in [9.17, 15) is 4.79 Å². The second-order valence-corrected chi connectivity index (χ2v) is 6.04. The number of ether oxygens (including phenoxy) is 2. The van der Waals surface area contributed by atoms with Crippen LogP contribution in [-0.4, -0.2) is 41.8 Å². The molecule has 2 heterocycles. The standard InChI is InChI=1S/C18H22N2O4/c1-12-10-22-8-7-20(12)18(21)15-5-4-6-16(9-15)23-11-17-13(2)19-24-14(17)3/h4-6,9,12H,7-8,10-11H2,1-3H3/t12-/m1/s1. The molecule has 1 amide bonds. The first-order valence-electron chi connectivity index (χ1n) is 8.09. The summed E-state index contributed by atoms with van der Waals surface area (Å²) in [5.74, 6) is 1.41. The minimum atomic E-state index is 0.00795. The normalized spacial score (nSPS) is 17.8. The first-order chi connectivity index (χ1) is 11.6. The van der Waals surface area contributed by atoms with Crippen molar-refractivity contribution in [2.45, 2.75) is 33.4 Å². The number of carbonyl (C=O) groups is 1. The lowest BCUT2D eigenvalue weighted by molar-refractivity contribution is 0.00357. The highest BCUT2D eigenvalue weighted by Gasteiger charge is 2.25. The number of hydrogen-bond acceptors (Lipinski definition) is 5. The summed E-state index contributed by atoms with van der Waals surface area (Å²) in [5.41, 5.74) is 2.38. The average molecular weight is 330 g/mol. The van der Waals surface area contributed by atoms with E-state index < -0.39 is 0 Å². The van der Waals surface area contributed by atoms with Crippen LogP contribution in [0.3, 0.4) is 0 Å². The molecule has 0 bridgehead atoms. The van der Waals surface area contributed by atoms with E-state index >= 15 is 0 Å². The Morgan fingerprint density at radius 1 is 1.42 bits per heavy atom. The molecule has 1 atom stereocenters. The Morgan fingerprint density at radius 2 is 2.25 bits per heavy atom. The minimum Gasteiger partial charge on any atom is -0.489 e. The van der Waals surface area contributed by atoms with Crippen molar-refractivity contribution >= 4 is 5.91 Å². The van der Waals surface area contributed by atoms with Crippen LogP contribution >= 0.6 is 0 Å². The molecule has 1 aromatic heterocycles. The van der Waals surface area contributed by atoms with Gasteiger partial charge in [0, 0.05) is 12.1 Å². The van der Waals surface area contributed by atoms with Crippen molar-refractivity contribution in [2.24, 2.45) is 0 Å². The topological polar surface area (TPSA) is 64.8 Å². The minimum absolute atomic E-state index is 0.00795. The summed E-state index contributed by atoms with van der Waals surface area (Å²) in [4.78, 5) is 14.5. The number of aryl methyl sites for hydroxylation is 2. The fraction of sp³-hybridized carbons (Fsp3) is 0.444. The van der Waals surface area contributed by atoms with Crippen LogP contribution in [-0.2, 0) is 11.3 Å². The molecule has 128 valence electrons. The van der Waals surface area contributed by atoms with Gasteiger partial charge >= 0.3 is 0 Å². The summed E-state index contributed by atoms with van der Waals surface area (Å²) in [6.45, 7) is 7.88. The molecule has 1 aliphatic heterocycles. The molecule has 1 fully saturated rings. The molecule has 0 aliphatic carbocycles. The Morgan fingerprint density at radius 3 is 2.96 bits per heavy atom. The summed E-state index contributed by atoms with van der Waals surface area (Å²) in [6.07, 6.45) is 0. The molecular weight excluding hydrogens is 308 g/mol. The fourth-order valence-corrected chi connectivity index (χ4v) is 2.78. The summed E-state index contributed by atoms with van der Waals surface area (Å²) >= 11 is 0. The predicted octanol–water partition coefficient (Wildman–Crippen LogP) is 2.73. The number of nitrogens with zero attached hydrogens (tertiary/aromatic N) is 2. The average Bonchev–Trinajstić information content (AvgIpc) is 2.91. The highest BCUT2D eigenvalue weighted by molar-refractivity contribution is 5.94. The maximum Gasteiger partial charge on any atom is 0.254 e. The predicted molar refractivity (Wildman–Crippen MR) is 88.1 cm³/mol. The van der Waals surface area contributed by atoms with E-state index in [0.29, 0.717) is 37.7 Å². The van der Waals surface area contributed by atoms with Crippen LogP contribution in [0.1, 0.15) is 34.3 Å². The van der Waals surface area contributed by atoms with Crippen molar-refractivity contribution in [2.75, 3.05) is 19.8 Å². The molecule has 3 rings (SSSR count). The lowest BCUT2D eigenvalue weighted by atomic mass is 10.1.